The second-order valence-corrected chi connectivity index (χ2v) is 4.63. The molecule has 1 aromatic rings. The molecule has 1 unspecified atom stereocenters. The van der Waals surface area contributed by atoms with Gasteiger partial charge in [0.2, 0.25) is 0 Å². The normalized spacial score (nSPS) is 14.4. The second kappa shape index (κ2) is 5.03. The summed E-state index contributed by atoms with van der Waals surface area (Å²) in [7, 11) is 1.39. The van der Waals surface area contributed by atoms with Gasteiger partial charge in [0.25, 0.3) is 0 Å². The summed E-state index contributed by atoms with van der Waals surface area (Å²) in [5.74, 6) is -4.41. The van der Waals surface area contributed by atoms with Crippen LogP contribution in [0.25, 0.3) is 0 Å². The maximum atomic E-state index is 13.1. The van der Waals surface area contributed by atoms with Crippen LogP contribution in [0.3, 0.4) is 0 Å². The first kappa shape index (κ1) is 15.2. The minimum Gasteiger partial charge on any atom is -0.496 e. The molecule has 0 heterocycles. The van der Waals surface area contributed by atoms with E-state index in [1.165, 1.54) is 25.3 Å². The Morgan fingerprint density at radius 1 is 1.17 bits per heavy atom. The van der Waals surface area contributed by atoms with Crippen LogP contribution in [-0.4, -0.2) is 19.2 Å². The van der Waals surface area contributed by atoms with Crippen LogP contribution in [0.5, 0.6) is 5.75 Å². The van der Waals surface area contributed by atoms with Crippen molar-refractivity contribution in [2.45, 2.75) is 23.8 Å². The van der Waals surface area contributed by atoms with Gasteiger partial charge in [-0.25, -0.2) is 0 Å². The van der Waals surface area contributed by atoms with E-state index in [9.17, 15) is 22.0 Å². The van der Waals surface area contributed by atoms with Gasteiger partial charge in [-0.1, -0.05) is 28.1 Å². The van der Waals surface area contributed by atoms with Crippen LogP contribution in [0, 0.1) is 6.92 Å². The molecule has 1 rings (SSSR count). The summed E-state index contributed by atoms with van der Waals surface area (Å²) >= 11 is 2.41. The minimum absolute atomic E-state index is 0.157. The van der Waals surface area contributed by atoms with Gasteiger partial charge in [0.05, 0.1) is 7.11 Å². The third-order valence-corrected chi connectivity index (χ3v) is 3.51. The number of ether oxygens (including phenoxy) is 1. The molecule has 0 fully saturated rings. The summed E-state index contributed by atoms with van der Waals surface area (Å²) in [4.78, 5) is -2.13. The monoisotopic (exact) mass is 332 g/mol. The number of aryl methyl sites for hydroxylation is 1. The zero-order valence-electron chi connectivity index (χ0n) is 9.49. The molecule has 0 saturated heterocycles. The zero-order chi connectivity index (χ0) is 14.1. The Morgan fingerprint density at radius 3 is 2.11 bits per heavy atom. The molecule has 1 aromatic carbocycles. The van der Waals surface area contributed by atoms with Crippen molar-refractivity contribution in [3.63, 3.8) is 0 Å². The molecular weight excluding hydrogens is 323 g/mol. The van der Waals surface area contributed by atoms with Crippen molar-refractivity contribution < 1.29 is 26.7 Å². The fourth-order valence-corrected chi connectivity index (χ4v) is 1.96. The number of hydrogen-bond donors (Lipinski definition) is 0. The molecule has 0 aromatic heterocycles. The Balaban J connectivity index is 3.12. The molecule has 102 valence electrons. The maximum absolute atomic E-state index is 13.1. The molecule has 18 heavy (non-hydrogen) atoms. The van der Waals surface area contributed by atoms with Crippen molar-refractivity contribution in [3.05, 3.63) is 29.3 Å². The quantitative estimate of drug-likeness (QED) is 0.579. The summed E-state index contributed by atoms with van der Waals surface area (Å²) in [6.45, 7) is 1.56. The van der Waals surface area contributed by atoms with E-state index in [0.717, 1.165) is 0 Å². The largest absolute Gasteiger partial charge is 0.496 e. The standard InChI is InChI=1S/C11H10BrF5O/c1-6-5-7(3-4-8(6)18-2)9(12)10(13,14)11(15,16)17/h3-5,9H,1-2H3. The first-order valence-corrected chi connectivity index (χ1v) is 5.76. The molecule has 0 aliphatic heterocycles. The lowest BCUT2D eigenvalue weighted by Gasteiger charge is -2.25. The van der Waals surface area contributed by atoms with E-state index in [-0.39, 0.29) is 5.56 Å². The third-order valence-electron chi connectivity index (χ3n) is 2.41. The predicted molar refractivity (Wildman–Crippen MR) is 60.4 cm³/mol. The van der Waals surface area contributed by atoms with Gasteiger partial charge < -0.3 is 4.74 Å². The SMILES string of the molecule is COc1ccc(C(Br)C(F)(F)C(F)(F)F)cc1C. The average Bonchev–Trinajstić information content (AvgIpc) is 2.26. The molecule has 0 aliphatic carbocycles. The van der Waals surface area contributed by atoms with Gasteiger partial charge in [0.15, 0.2) is 0 Å². The van der Waals surface area contributed by atoms with Gasteiger partial charge in [0.1, 0.15) is 10.6 Å². The van der Waals surface area contributed by atoms with E-state index in [1.54, 1.807) is 6.92 Å². The lowest BCUT2D eigenvalue weighted by Crippen LogP contribution is -2.39. The Hall–Kier alpha value is -0.850. The van der Waals surface area contributed by atoms with Crippen molar-refractivity contribution in [1.82, 2.24) is 0 Å². The fraction of sp³-hybridized carbons (Fsp3) is 0.455. The fourth-order valence-electron chi connectivity index (χ4n) is 1.41. The van der Waals surface area contributed by atoms with Crippen LogP contribution in [-0.2, 0) is 0 Å². The van der Waals surface area contributed by atoms with Crippen LogP contribution >= 0.6 is 15.9 Å². The maximum Gasteiger partial charge on any atom is 0.454 e. The summed E-state index contributed by atoms with van der Waals surface area (Å²) in [6, 6.07) is 3.76. The molecule has 1 nitrogen and oxygen atoms in total. The van der Waals surface area contributed by atoms with Crippen molar-refractivity contribution >= 4 is 15.9 Å². The lowest BCUT2D eigenvalue weighted by atomic mass is 10.0. The van der Waals surface area contributed by atoms with Gasteiger partial charge in [-0.05, 0) is 24.1 Å². The summed E-state index contributed by atoms with van der Waals surface area (Å²) in [5, 5.41) is 0. The van der Waals surface area contributed by atoms with Gasteiger partial charge in [-0.2, -0.15) is 22.0 Å². The molecule has 0 amide bonds. The van der Waals surface area contributed by atoms with E-state index in [0.29, 0.717) is 11.3 Å². The first-order valence-electron chi connectivity index (χ1n) is 4.84. The molecule has 0 bridgehead atoms. The molecule has 1 atom stereocenters. The molecular formula is C11H10BrF5O. The molecule has 0 aliphatic rings. The number of rotatable bonds is 3. The van der Waals surface area contributed by atoms with Crippen molar-refractivity contribution in [3.8, 4) is 5.75 Å². The van der Waals surface area contributed by atoms with Gasteiger partial charge in [-0.15, -0.1) is 0 Å². The number of halogens is 6. The van der Waals surface area contributed by atoms with Crippen LogP contribution in [0.15, 0.2) is 18.2 Å². The second-order valence-electron chi connectivity index (χ2n) is 3.71. The van der Waals surface area contributed by atoms with E-state index in [1.807, 2.05) is 0 Å². The summed E-state index contributed by atoms with van der Waals surface area (Å²) < 4.78 is 67.8. The van der Waals surface area contributed by atoms with Gasteiger partial charge in [-0.3, -0.25) is 0 Å². The topological polar surface area (TPSA) is 9.23 Å². The Morgan fingerprint density at radius 2 is 1.72 bits per heavy atom. The third kappa shape index (κ3) is 2.76. The first-order chi connectivity index (χ1) is 8.11. The van der Waals surface area contributed by atoms with Crippen LogP contribution in [0.1, 0.15) is 16.0 Å². The zero-order valence-corrected chi connectivity index (χ0v) is 11.1. The van der Waals surface area contributed by atoms with E-state index < -0.39 is 16.9 Å². The van der Waals surface area contributed by atoms with Crippen molar-refractivity contribution in [2.24, 2.45) is 0 Å². The summed E-state index contributed by atoms with van der Waals surface area (Å²) in [6.07, 6.45) is -5.60. The molecule has 0 spiro atoms. The minimum atomic E-state index is -5.60. The van der Waals surface area contributed by atoms with E-state index in [4.69, 9.17) is 4.74 Å². The van der Waals surface area contributed by atoms with Crippen LogP contribution in [0.4, 0.5) is 22.0 Å². The summed E-state index contributed by atoms with van der Waals surface area (Å²) in [5.41, 5.74) is 0.327. The van der Waals surface area contributed by atoms with E-state index >= 15 is 0 Å². The van der Waals surface area contributed by atoms with Crippen molar-refractivity contribution in [2.75, 3.05) is 7.11 Å². The lowest BCUT2D eigenvalue weighted by molar-refractivity contribution is -0.281. The molecule has 0 N–H and O–H groups in total. The van der Waals surface area contributed by atoms with Crippen molar-refractivity contribution in [1.29, 1.82) is 0 Å². The number of benzene rings is 1. The highest BCUT2D eigenvalue weighted by Gasteiger charge is 2.62. The van der Waals surface area contributed by atoms with Gasteiger partial charge in [0, 0.05) is 0 Å². The Labute approximate surface area is 109 Å². The Kier molecular flexibility index (Phi) is 4.25. The van der Waals surface area contributed by atoms with E-state index in [2.05, 4.69) is 15.9 Å². The average molecular weight is 333 g/mol. The highest BCUT2D eigenvalue weighted by molar-refractivity contribution is 9.09. The number of hydrogen-bond acceptors (Lipinski definition) is 1. The number of methoxy groups -OCH3 is 1. The number of alkyl halides is 6. The van der Waals surface area contributed by atoms with Gasteiger partial charge >= 0.3 is 12.1 Å². The van der Waals surface area contributed by atoms with Crippen LogP contribution in [0.2, 0.25) is 0 Å². The smallest absolute Gasteiger partial charge is 0.454 e. The molecule has 0 radical (unpaired) electrons. The Bertz CT molecular complexity index is 430. The van der Waals surface area contributed by atoms with Crippen LogP contribution < -0.4 is 4.74 Å². The highest BCUT2D eigenvalue weighted by atomic mass is 79.9. The molecule has 0 saturated carbocycles. The molecule has 7 heteroatoms. The predicted octanol–water partition coefficient (Wildman–Crippen LogP) is 4.64. The highest BCUT2D eigenvalue weighted by Crippen LogP contribution is 2.49.